The Morgan fingerprint density at radius 3 is 2.53 bits per heavy atom. The summed E-state index contributed by atoms with van der Waals surface area (Å²) < 4.78 is 11.8. The van der Waals surface area contributed by atoms with E-state index >= 15 is 0 Å². The van der Waals surface area contributed by atoms with Crippen molar-refractivity contribution in [2.24, 2.45) is 5.92 Å². The lowest BCUT2D eigenvalue weighted by atomic mass is 10.1. The first-order valence-electron chi connectivity index (χ1n) is 9.48. The molecule has 2 N–H and O–H groups in total. The van der Waals surface area contributed by atoms with Gasteiger partial charge >= 0.3 is 0 Å². The molecule has 0 bridgehead atoms. The van der Waals surface area contributed by atoms with Crippen molar-refractivity contribution in [3.63, 3.8) is 0 Å². The van der Waals surface area contributed by atoms with E-state index < -0.39 is 0 Å². The number of halogens is 1. The molecule has 1 aromatic heterocycles. The Labute approximate surface area is 190 Å². The molecule has 0 atom stereocenters. The van der Waals surface area contributed by atoms with E-state index in [4.69, 9.17) is 33.3 Å². The maximum atomic E-state index is 12.7. The smallest absolute Gasteiger partial charge is 0.269 e. The van der Waals surface area contributed by atoms with Crippen LogP contribution in [0.15, 0.2) is 42.5 Å². The molecule has 0 aliphatic carbocycles. The van der Waals surface area contributed by atoms with Crippen LogP contribution >= 0.6 is 35.2 Å². The first-order chi connectivity index (χ1) is 14.4. The number of carbonyl (C=O) groups excluding carboxylic acids is 1. The van der Waals surface area contributed by atoms with Crippen molar-refractivity contribution >= 4 is 61.9 Å². The Morgan fingerprint density at radius 1 is 1.17 bits per heavy atom. The average Bonchev–Trinajstić information content (AvgIpc) is 3.05. The summed E-state index contributed by atoms with van der Waals surface area (Å²) in [5.74, 6) is 1.75. The molecule has 5 nitrogen and oxygen atoms in total. The minimum Gasteiger partial charge on any atom is -0.497 e. The first-order valence-corrected chi connectivity index (χ1v) is 11.1. The van der Waals surface area contributed by atoms with Crippen LogP contribution < -0.4 is 20.1 Å². The number of fused-ring (bicyclic) bond motifs is 1. The molecule has 8 heteroatoms. The van der Waals surface area contributed by atoms with Crippen LogP contribution in [-0.4, -0.2) is 24.7 Å². The number of methoxy groups -OCH3 is 1. The Balaban J connectivity index is 1.60. The van der Waals surface area contributed by atoms with E-state index in [9.17, 15) is 4.79 Å². The molecule has 0 saturated heterocycles. The van der Waals surface area contributed by atoms with E-state index in [1.807, 2.05) is 42.5 Å². The van der Waals surface area contributed by atoms with Crippen LogP contribution in [0.4, 0.5) is 5.69 Å². The Morgan fingerprint density at radius 2 is 1.87 bits per heavy atom. The van der Waals surface area contributed by atoms with Gasteiger partial charge < -0.3 is 14.8 Å². The minimum absolute atomic E-state index is 0.194. The van der Waals surface area contributed by atoms with Crippen LogP contribution in [0.2, 0.25) is 5.02 Å². The predicted molar refractivity (Wildman–Crippen MR) is 128 cm³/mol. The SMILES string of the molecule is COc1ccc2c(Cl)c(C(=O)NC(=S)Nc3ccc(OCCC(C)C)cc3)sc2c1. The Hall–Kier alpha value is -2.35. The lowest BCUT2D eigenvalue weighted by molar-refractivity contribution is 0.0982. The van der Waals surface area contributed by atoms with Crippen LogP contribution in [0.25, 0.3) is 10.1 Å². The summed E-state index contributed by atoms with van der Waals surface area (Å²) in [4.78, 5) is 13.1. The monoisotopic (exact) mass is 462 g/mol. The van der Waals surface area contributed by atoms with Gasteiger partial charge in [-0.3, -0.25) is 10.1 Å². The largest absolute Gasteiger partial charge is 0.497 e. The highest BCUT2D eigenvalue weighted by Gasteiger charge is 2.18. The highest BCUT2D eigenvalue weighted by atomic mass is 35.5. The fourth-order valence-corrected chi connectivity index (χ4v) is 4.34. The quantitative estimate of drug-likeness (QED) is 0.414. The summed E-state index contributed by atoms with van der Waals surface area (Å²) in [5, 5.41) is 7.09. The maximum absolute atomic E-state index is 12.7. The normalized spacial score (nSPS) is 10.8. The van der Waals surface area contributed by atoms with Crippen molar-refractivity contribution in [3.8, 4) is 11.5 Å². The van der Waals surface area contributed by atoms with Crippen LogP contribution in [0.3, 0.4) is 0 Å². The van der Waals surface area contributed by atoms with Gasteiger partial charge in [-0.25, -0.2) is 0 Å². The summed E-state index contributed by atoms with van der Waals surface area (Å²) in [5.41, 5.74) is 0.753. The number of amides is 1. The summed E-state index contributed by atoms with van der Waals surface area (Å²) in [6, 6.07) is 12.9. The van der Waals surface area contributed by atoms with Gasteiger partial charge in [0.25, 0.3) is 5.91 Å². The van der Waals surface area contributed by atoms with Gasteiger partial charge in [-0.1, -0.05) is 25.4 Å². The highest BCUT2D eigenvalue weighted by Crippen LogP contribution is 2.37. The zero-order valence-corrected chi connectivity index (χ0v) is 19.3. The summed E-state index contributed by atoms with van der Waals surface area (Å²) in [7, 11) is 1.60. The number of anilines is 1. The standard InChI is InChI=1S/C22H23ClN2O3S2/c1-13(2)10-11-28-15-6-4-14(5-7-15)24-22(29)25-21(26)20-19(23)17-9-8-16(27-3)12-18(17)30-20/h4-9,12-13H,10-11H2,1-3H3,(H2,24,25,26,29). The van der Waals surface area contributed by atoms with Gasteiger partial charge in [-0.15, -0.1) is 11.3 Å². The minimum atomic E-state index is -0.355. The molecule has 0 unspecified atom stereocenters. The molecule has 2 aromatic carbocycles. The van der Waals surface area contributed by atoms with Crippen molar-refractivity contribution < 1.29 is 14.3 Å². The summed E-state index contributed by atoms with van der Waals surface area (Å²) >= 11 is 13.0. The topological polar surface area (TPSA) is 59.6 Å². The molecule has 1 amide bonds. The fraction of sp³-hybridized carbons (Fsp3) is 0.273. The number of nitrogens with one attached hydrogen (secondary N) is 2. The number of hydrogen-bond acceptors (Lipinski definition) is 5. The third-order valence-electron chi connectivity index (χ3n) is 4.35. The lowest BCUT2D eigenvalue weighted by Crippen LogP contribution is -2.33. The number of thiocarbonyl (C=S) groups is 1. The van der Waals surface area contributed by atoms with Crippen molar-refractivity contribution in [1.82, 2.24) is 5.32 Å². The van der Waals surface area contributed by atoms with Gasteiger partial charge in [0.15, 0.2) is 5.11 Å². The number of thiophene rings is 1. The predicted octanol–water partition coefficient (Wildman–Crippen LogP) is 6.12. The molecule has 0 fully saturated rings. The zero-order chi connectivity index (χ0) is 21.7. The maximum Gasteiger partial charge on any atom is 0.269 e. The molecule has 0 radical (unpaired) electrons. The van der Waals surface area contributed by atoms with Crippen LogP contribution in [0.1, 0.15) is 29.9 Å². The Kier molecular flexibility index (Phi) is 7.53. The number of carbonyl (C=O) groups is 1. The molecule has 0 aliphatic heterocycles. The van der Waals surface area contributed by atoms with E-state index in [0.717, 1.165) is 27.9 Å². The summed E-state index contributed by atoms with van der Waals surface area (Å²) in [6.07, 6.45) is 1.00. The van der Waals surface area contributed by atoms with Crippen molar-refractivity contribution in [3.05, 3.63) is 52.4 Å². The van der Waals surface area contributed by atoms with Gasteiger partial charge in [-0.2, -0.15) is 0 Å². The molecule has 158 valence electrons. The Bertz CT molecular complexity index is 1050. The summed E-state index contributed by atoms with van der Waals surface area (Å²) in [6.45, 7) is 5.00. The molecule has 0 aliphatic rings. The average molecular weight is 463 g/mol. The number of rotatable bonds is 7. The van der Waals surface area contributed by atoms with Gasteiger partial charge in [0.05, 0.1) is 18.7 Å². The molecule has 0 spiro atoms. The third kappa shape index (κ3) is 5.62. The molecule has 30 heavy (non-hydrogen) atoms. The zero-order valence-electron chi connectivity index (χ0n) is 17.0. The molecular weight excluding hydrogens is 440 g/mol. The molecule has 0 saturated carbocycles. The highest BCUT2D eigenvalue weighted by molar-refractivity contribution is 7.80. The van der Waals surface area contributed by atoms with E-state index in [1.165, 1.54) is 11.3 Å². The van der Waals surface area contributed by atoms with E-state index in [-0.39, 0.29) is 11.0 Å². The number of benzene rings is 2. The second-order valence-corrected chi connectivity index (χ2v) is 8.91. The molecule has 3 rings (SSSR count). The fourth-order valence-electron chi connectivity index (χ4n) is 2.69. The van der Waals surface area contributed by atoms with Gasteiger partial charge in [0.1, 0.15) is 16.4 Å². The lowest BCUT2D eigenvalue weighted by Gasteiger charge is -2.11. The van der Waals surface area contributed by atoms with Gasteiger partial charge in [-0.05, 0) is 67.0 Å². The molecule has 3 aromatic rings. The van der Waals surface area contributed by atoms with Crippen molar-refractivity contribution in [2.75, 3.05) is 19.0 Å². The van der Waals surface area contributed by atoms with Crippen LogP contribution in [-0.2, 0) is 0 Å². The molecule has 1 heterocycles. The first kappa shape index (κ1) is 22.3. The van der Waals surface area contributed by atoms with Crippen molar-refractivity contribution in [2.45, 2.75) is 20.3 Å². The van der Waals surface area contributed by atoms with Gasteiger partial charge in [0, 0.05) is 15.8 Å². The second-order valence-electron chi connectivity index (χ2n) is 7.07. The van der Waals surface area contributed by atoms with Gasteiger partial charge in [0.2, 0.25) is 0 Å². The van der Waals surface area contributed by atoms with E-state index in [1.54, 1.807) is 7.11 Å². The van der Waals surface area contributed by atoms with E-state index in [0.29, 0.717) is 28.2 Å². The number of ether oxygens (including phenoxy) is 2. The third-order valence-corrected chi connectivity index (χ3v) is 6.21. The second kappa shape index (κ2) is 10.1. The van der Waals surface area contributed by atoms with Crippen LogP contribution in [0, 0.1) is 5.92 Å². The van der Waals surface area contributed by atoms with Crippen molar-refractivity contribution in [1.29, 1.82) is 0 Å². The van der Waals surface area contributed by atoms with Crippen LogP contribution in [0.5, 0.6) is 11.5 Å². The number of hydrogen-bond donors (Lipinski definition) is 2. The molecular formula is C22H23ClN2O3S2. The van der Waals surface area contributed by atoms with E-state index in [2.05, 4.69) is 24.5 Å².